The van der Waals surface area contributed by atoms with Crippen LogP contribution in [0.4, 0.5) is 10.1 Å². The normalized spacial score (nSPS) is 10.9. The van der Waals surface area contributed by atoms with Crippen molar-refractivity contribution in [1.82, 2.24) is 0 Å². The summed E-state index contributed by atoms with van der Waals surface area (Å²) in [6.45, 7) is 4.66. The van der Waals surface area contributed by atoms with Gasteiger partial charge in [-0.05, 0) is 72.3 Å². The molecule has 0 fully saturated rings. The smallest absolute Gasteiger partial charge is 0.266 e. The molecule has 0 aromatic heterocycles. The molecule has 0 aliphatic carbocycles. The number of carbonyl (C=O) groups excluding carboxylic acids is 1. The van der Waals surface area contributed by atoms with Crippen molar-refractivity contribution in [2.45, 2.75) is 13.8 Å². The lowest BCUT2D eigenvalue weighted by Crippen LogP contribution is -2.14. The van der Waals surface area contributed by atoms with Crippen molar-refractivity contribution >= 4 is 40.3 Å². The van der Waals surface area contributed by atoms with Crippen LogP contribution in [0.5, 0.6) is 11.5 Å². The van der Waals surface area contributed by atoms with Gasteiger partial charge in [0.1, 0.15) is 17.5 Å². The lowest BCUT2D eigenvalue weighted by molar-refractivity contribution is -0.112. The number of carbonyl (C=O) groups is 1. The number of ether oxygens (including phenoxy) is 2. The van der Waals surface area contributed by atoms with E-state index >= 15 is 0 Å². The van der Waals surface area contributed by atoms with Crippen molar-refractivity contribution in [2.75, 3.05) is 18.5 Å². The van der Waals surface area contributed by atoms with E-state index in [-0.39, 0.29) is 11.3 Å². The van der Waals surface area contributed by atoms with Gasteiger partial charge in [-0.1, -0.05) is 12.1 Å². The van der Waals surface area contributed by atoms with E-state index in [9.17, 15) is 14.4 Å². The highest BCUT2D eigenvalue weighted by atomic mass is 127. The minimum Gasteiger partial charge on any atom is -0.490 e. The summed E-state index contributed by atoms with van der Waals surface area (Å²) in [7, 11) is 0. The molecule has 0 aliphatic heterocycles. The topological polar surface area (TPSA) is 71.3 Å². The summed E-state index contributed by atoms with van der Waals surface area (Å²) in [6, 6.07) is 11.1. The third kappa shape index (κ3) is 5.44. The van der Waals surface area contributed by atoms with Gasteiger partial charge in [0.15, 0.2) is 11.5 Å². The molecule has 2 rings (SSSR count). The van der Waals surface area contributed by atoms with Crippen molar-refractivity contribution < 1.29 is 18.7 Å². The number of halogens is 2. The van der Waals surface area contributed by atoms with Crippen molar-refractivity contribution in [3.05, 3.63) is 56.9 Å². The second kappa shape index (κ2) is 9.92. The summed E-state index contributed by atoms with van der Waals surface area (Å²) in [5, 5.41) is 11.8. The van der Waals surface area contributed by atoms with Crippen LogP contribution >= 0.6 is 22.6 Å². The van der Waals surface area contributed by atoms with Gasteiger partial charge in [0, 0.05) is 0 Å². The molecular weight excluding hydrogens is 462 g/mol. The number of amides is 1. The van der Waals surface area contributed by atoms with Crippen LogP contribution in [0.15, 0.2) is 42.0 Å². The largest absolute Gasteiger partial charge is 0.490 e. The van der Waals surface area contributed by atoms with Gasteiger partial charge in [0.25, 0.3) is 5.91 Å². The van der Waals surface area contributed by atoms with E-state index in [0.29, 0.717) is 30.3 Å². The molecule has 0 atom stereocenters. The molecule has 0 unspecified atom stereocenters. The van der Waals surface area contributed by atoms with Gasteiger partial charge in [0.05, 0.1) is 22.5 Å². The molecule has 140 valence electrons. The second-order valence-electron chi connectivity index (χ2n) is 5.30. The molecule has 0 radical (unpaired) electrons. The third-order valence-electron chi connectivity index (χ3n) is 3.42. The monoisotopic (exact) mass is 480 g/mol. The molecule has 0 heterocycles. The summed E-state index contributed by atoms with van der Waals surface area (Å²) >= 11 is 2.11. The molecule has 0 aliphatic rings. The van der Waals surface area contributed by atoms with Gasteiger partial charge in [0.2, 0.25) is 0 Å². The highest BCUT2D eigenvalue weighted by Gasteiger charge is 2.15. The predicted octanol–water partition coefficient (Wildman–Crippen LogP) is 4.77. The van der Waals surface area contributed by atoms with Crippen LogP contribution in [0, 0.1) is 20.7 Å². The lowest BCUT2D eigenvalue weighted by Gasteiger charge is -2.13. The Morgan fingerprint density at radius 1 is 1.26 bits per heavy atom. The number of nitrogens with zero attached hydrogens (tertiary/aromatic N) is 1. The van der Waals surface area contributed by atoms with Gasteiger partial charge < -0.3 is 14.8 Å². The predicted molar refractivity (Wildman–Crippen MR) is 110 cm³/mol. The first-order chi connectivity index (χ1) is 13.0. The molecule has 0 spiro atoms. The van der Waals surface area contributed by atoms with Crippen LogP contribution < -0.4 is 14.8 Å². The van der Waals surface area contributed by atoms with Gasteiger partial charge in [-0.3, -0.25) is 4.79 Å². The summed E-state index contributed by atoms with van der Waals surface area (Å²) in [5.41, 5.74) is 0.465. The molecule has 2 aromatic carbocycles. The van der Waals surface area contributed by atoms with E-state index in [0.717, 1.165) is 3.57 Å². The molecule has 5 nitrogen and oxygen atoms in total. The SMILES string of the molecule is CCOc1cc(/C=C(/C#N)C(=O)Nc2ccccc2F)cc(I)c1OCC. The van der Waals surface area contributed by atoms with Crippen LogP contribution in [0.1, 0.15) is 19.4 Å². The van der Waals surface area contributed by atoms with E-state index < -0.39 is 11.7 Å². The number of nitrogens with one attached hydrogen (secondary N) is 1. The third-order valence-corrected chi connectivity index (χ3v) is 4.22. The molecule has 1 amide bonds. The van der Waals surface area contributed by atoms with Crippen LogP contribution in [0.25, 0.3) is 6.08 Å². The molecular formula is C20H18FIN2O3. The number of nitriles is 1. The minimum atomic E-state index is -0.690. The molecule has 0 saturated heterocycles. The number of benzene rings is 2. The Morgan fingerprint density at radius 2 is 1.96 bits per heavy atom. The maximum Gasteiger partial charge on any atom is 0.266 e. The molecule has 7 heteroatoms. The Labute approximate surface area is 170 Å². The van der Waals surface area contributed by atoms with Crippen molar-refractivity contribution in [1.29, 1.82) is 5.26 Å². The first-order valence-corrected chi connectivity index (χ1v) is 9.34. The lowest BCUT2D eigenvalue weighted by atomic mass is 10.1. The average molecular weight is 480 g/mol. The average Bonchev–Trinajstić information content (AvgIpc) is 2.64. The van der Waals surface area contributed by atoms with Gasteiger partial charge in [-0.25, -0.2) is 4.39 Å². The van der Waals surface area contributed by atoms with Crippen LogP contribution in [0.3, 0.4) is 0 Å². The van der Waals surface area contributed by atoms with Crippen molar-refractivity contribution in [3.63, 3.8) is 0 Å². The number of anilines is 1. The van der Waals surface area contributed by atoms with Crippen molar-refractivity contribution in [2.24, 2.45) is 0 Å². The quantitative estimate of drug-likeness (QED) is 0.352. The van der Waals surface area contributed by atoms with Crippen LogP contribution in [-0.2, 0) is 4.79 Å². The molecule has 2 aromatic rings. The number of hydrogen-bond donors (Lipinski definition) is 1. The fourth-order valence-electron chi connectivity index (χ4n) is 2.29. The Kier molecular flexibility index (Phi) is 7.61. The van der Waals surface area contributed by atoms with E-state index in [1.165, 1.54) is 24.3 Å². The van der Waals surface area contributed by atoms with Crippen LogP contribution in [0.2, 0.25) is 0 Å². The number of hydrogen-bond acceptors (Lipinski definition) is 4. The highest BCUT2D eigenvalue weighted by Crippen LogP contribution is 2.35. The Bertz CT molecular complexity index is 907. The Balaban J connectivity index is 2.35. The molecule has 0 saturated carbocycles. The first-order valence-electron chi connectivity index (χ1n) is 8.26. The van der Waals surface area contributed by atoms with Gasteiger partial charge in [-0.2, -0.15) is 5.26 Å². The maximum atomic E-state index is 13.7. The second-order valence-corrected chi connectivity index (χ2v) is 6.46. The first kappa shape index (κ1) is 20.7. The summed E-state index contributed by atoms with van der Waals surface area (Å²) in [5.74, 6) is -0.113. The highest BCUT2D eigenvalue weighted by molar-refractivity contribution is 14.1. The summed E-state index contributed by atoms with van der Waals surface area (Å²) in [4.78, 5) is 12.3. The standard InChI is InChI=1S/C20H18FIN2O3/c1-3-26-18-11-13(10-16(22)19(18)27-4-2)9-14(12-23)20(25)24-17-8-6-5-7-15(17)21/h5-11H,3-4H2,1-2H3,(H,24,25)/b14-9-. The van der Waals surface area contributed by atoms with E-state index in [1.807, 2.05) is 19.9 Å². The summed E-state index contributed by atoms with van der Waals surface area (Å²) < 4.78 is 25.7. The Morgan fingerprint density at radius 3 is 2.59 bits per heavy atom. The van der Waals surface area contributed by atoms with Gasteiger partial charge >= 0.3 is 0 Å². The zero-order valence-electron chi connectivity index (χ0n) is 14.9. The van der Waals surface area contributed by atoms with Gasteiger partial charge in [-0.15, -0.1) is 0 Å². The fourth-order valence-corrected chi connectivity index (χ4v) is 3.07. The number of rotatable bonds is 7. The minimum absolute atomic E-state index is 0.0138. The zero-order chi connectivity index (χ0) is 19.8. The van der Waals surface area contributed by atoms with E-state index in [2.05, 4.69) is 27.9 Å². The maximum absolute atomic E-state index is 13.7. The van der Waals surface area contributed by atoms with E-state index in [1.54, 1.807) is 18.2 Å². The molecule has 0 bridgehead atoms. The van der Waals surface area contributed by atoms with Crippen LogP contribution in [-0.4, -0.2) is 19.1 Å². The summed E-state index contributed by atoms with van der Waals surface area (Å²) in [6.07, 6.45) is 1.43. The number of para-hydroxylation sites is 1. The molecule has 27 heavy (non-hydrogen) atoms. The van der Waals surface area contributed by atoms with Crippen molar-refractivity contribution in [3.8, 4) is 17.6 Å². The molecule has 1 N–H and O–H groups in total. The van der Waals surface area contributed by atoms with E-state index in [4.69, 9.17) is 9.47 Å². The Hall–Kier alpha value is -2.60. The zero-order valence-corrected chi connectivity index (χ0v) is 17.0. The fraction of sp³-hybridized carbons (Fsp3) is 0.200.